The van der Waals surface area contributed by atoms with Crippen molar-refractivity contribution in [2.75, 3.05) is 19.6 Å². The summed E-state index contributed by atoms with van der Waals surface area (Å²) in [6, 6.07) is 1.51. The Bertz CT molecular complexity index is 191. The summed E-state index contributed by atoms with van der Waals surface area (Å²) < 4.78 is 0. The van der Waals surface area contributed by atoms with Crippen molar-refractivity contribution < 1.29 is 0 Å². The minimum Gasteiger partial charge on any atom is -0.316 e. The molecule has 1 rings (SSSR count). The van der Waals surface area contributed by atoms with E-state index < -0.39 is 0 Å². The van der Waals surface area contributed by atoms with Crippen LogP contribution < -0.4 is 5.32 Å². The normalized spacial score (nSPS) is 26.2. The van der Waals surface area contributed by atoms with E-state index in [9.17, 15) is 0 Å². The Hall–Kier alpha value is -0.0800. The van der Waals surface area contributed by atoms with E-state index in [0.717, 1.165) is 37.0 Å². The maximum Gasteiger partial charge on any atom is 0.0107 e. The van der Waals surface area contributed by atoms with Gasteiger partial charge >= 0.3 is 0 Å². The van der Waals surface area contributed by atoms with Crippen molar-refractivity contribution in [2.45, 2.75) is 59.5 Å². The molecule has 0 aliphatic carbocycles. The minimum atomic E-state index is 0.720. The monoisotopic (exact) mass is 226 g/mol. The fraction of sp³-hybridized carbons (Fsp3) is 1.00. The average Bonchev–Trinajstić information content (AvgIpc) is 2.62. The molecule has 2 heteroatoms. The SMILES string of the molecule is CC(C)CNCC(C)C(C)N1CCCC1C. The zero-order valence-corrected chi connectivity index (χ0v) is 11.8. The molecular formula is C14H30N2. The van der Waals surface area contributed by atoms with Gasteiger partial charge in [-0.25, -0.2) is 0 Å². The molecule has 3 unspecified atom stereocenters. The Morgan fingerprint density at radius 1 is 1.19 bits per heavy atom. The number of likely N-dealkylation sites (tertiary alicyclic amines) is 1. The maximum absolute atomic E-state index is 3.58. The zero-order valence-electron chi connectivity index (χ0n) is 11.8. The molecule has 1 heterocycles. The molecule has 96 valence electrons. The molecule has 0 aromatic carbocycles. The summed E-state index contributed by atoms with van der Waals surface area (Å²) in [5.74, 6) is 1.51. The summed E-state index contributed by atoms with van der Waals surface area (Å²) in [5, 5.41) is 3.58. The summed E-state index contributed by atoms with van der Waals surface area (Å²) in [6.07, 6.45) is 2.77. The Morgan fingerprint density at radius 3 is 2.38 bits per heavy atom. The summed E-state index contributed by atoms with van der Waals surface area (Å²) >= 11 is 0. The van der Waals surface area contributed by atoms with Gasteiger partial charge in [0.15, 0.2) is 0 Å². The van der Waals surface area contributed by atoms with Crippen LogP contribution in [0.5, 0.6) is 0 Å². The highest BCUT2D eigenvalue weighted by Crippen LogP contribution is 2.22. The zero-order chi connectivity index (χ0) is 12.1. The van der Waals surface area contributed by atoms with Crippen LogP contribution in [0.4, 0.5) is 0 Å². The molecule has 1 saturated heterocycles. The van der Waals surface area contributed by atoms with Crippen molar-refractivity contribution in [1.29, 1.82) is 0 Å². The molecule has 0 aromatic heterocycles. The third kappa shape index (κ3) is 4.06. The van der Waals surface area contributed by atoms with Crippen LogP contribution in [-0.2, 0) is 0 Å². The van der Waals surface area contributed by atoms with E-state index in [-0.39, 0.29) is 0 Å². The summed E-state index contributed by atoms with van der Waals surface area (Å²) in [6.45, 7) is 15.3. The number of nitrogens with one attached hydrogen (secondary N) is 1. The van der Waals surface area contributed by atoms with E-state index in [0.29, 0.717) is 0 Å². The second kappa shape index (κ2) is 6.61. The molecule has 1 fully saturated rings. The van der Waals surface area contributed by atoms with E-state index in [1.165, 1.54) is 19.4 Å². The molecule has 0 amide bonds. The van der Waals surface area contributed by atoms with E-state index in [4.69, 9.17) is 0 Å². The van der Waals surface area contributed by atoms with Crippen LogP contribution in [-0.4, -0.2) is 36.6 Å². The lowest BCUT2D eigenvalue weighted by Gasteiger charge is -2.33. The summed E-state index contributed by atoms with van der Waals surface area (Å²) in [4.78, 5) is 2.68. The third-order valence-electron chi connectivity index (χ3n) is 3.97. The van der Waals surface area contributed by atoms with Crippen LogP contribution in [0.2, 0.25) is 0 Å². The van der Waals surface area contributed by atoms with E-state index in [2.05, 4.69) is 44.8 Å². The number of nitrogens with zero attached hydrogens (tertiary/aromatic N) is 1. The Kier molecular flexibility index (Phi) is 5.77. The quantitative estimate of drug-likeness (QED) is 0.749. The standard InChI is InChI=1S/C14H30N2/c1-11(2)9-15-10-12(3)14(5)16-8-6-7-13(16)4/h11-15H,6-10H2,1-5H3. The topological polar surface area (TPSA) is 15.3 Å². The van der Waals surface area contributed by atoms with Gasteiger partial charge in [0.2, 0.25) is 0 Å². The van der Waals surface area contributed by atoms with Crippen LogP contribution >= 0.6 is 0 Å². The van der Waals surface area contributed by atoms with Crippen molar-refractivity contribution in [3.63, 3.8) is 0 Å². The second-order valence-corrected chi connectivity index (χ2v) is 6.00. The van der Waals surface area contributed by atoms with Crippen molar-refractivity contribution in [1.82, 2.24) is 10.2 Å². The van der Waals surface area contributed by atoms with Gasteiger partial charge in [-0.15, -0.1) is 0 Å². The van der Waals surface area contributed by atoms with Crippen LogP contribution in [0, 0.1) is 11.8 Å². The minimum absolute atomic E-state index is 0.720. The highest BCUT2D eigenvalue weighted by atomic mass is 15.2. The van der Waals surface area contributed by atoms with E-state index in [1.807, 2.05) is 0 Å². The van der Waals surface area contributed by atoms with Crippen LogP contribution in [0.3, 0.4) is 0 Å². The number of rotatable bonds is 6. The molecule has 16 heavy (non-hydrogen) atoms. The Labute approximate surface area is 102 Å². The first kappa shape index (κ1) is 14.0. The number of hydrogen-bond acceptors (Lipinski definition) is 2. The van der Waals surface area contributed by atoms with Gasteiger partial charge in [0, 0.05) is 12.1 Å². The largest absolute Gasteiger partial charge is 0.316 e. The predicted octanol–water partition coefficient (Wildman–Crippen LogP) is 2.74. The fourth-order valence-corrected chi connectivity index (χ4v) is 2.66. The van der Waals surface area contributed by atoms with Crippen molar-refractivity contribution >= 4 is 0 Å². The molecular weight excluding hydrogens is 196 g/mol. The Morgan fingerprint density at radius 2 is 1.88 bits per heavy atom. The second-order valence-electron chi connectivity index (χ2n) is 6.00. The van der Waals surface area contributed by atoms with Gasteiger partial charge in [-0.05, 0) is 58.2 Å². The Balaban J connectivity index is 2.26. The average molecular weight is 226 g/mol. The molecule has 1 aliphatic heterocycles. The molecule has 0 bridgehead atoms. The van der Waals surface area contributed by atoms with Gasteiger partial charge in [0.1, 0.15) is 0 Å². The van der Waals surface area contributed by atoms with Gasteiger partial charge < -0.3 is 5.32 Å². The van der Waals surface area contributed by atoms with E-state index >= 15 is 0 Å². The molecule has 1 N–H and O–H groups in total. The summed E-state index contributed by atoms with van der Waals surface area (Å²) in [7, 11) is 0. The molecule has 1 aliphatic rings. The molecule has 0 radical (unpaired) electrons. The van der Waals surface area contributed by atoms with Gasteiger partial charge in [-0.2, -0.15) is 0 Å². The van der Waals surface area contributed by atoms with E-state index in [1.54, 1.807) is 0 Å². The van der Waals surface area contributed by atoms with Crippen LogP contribution in [0.15, 0.2) is 0 Å². The lowest BCUT2D eigenvalue weighted by Crippen LogP contribution is -2.43. The van der Waals surface area contributed by atoms with Crippen LogP contribution in [0.1, 0.15) is 47.5 Å². The highest BCUT2D eigenvalue weighted by molar-refractivity contribution is 4.83. The first-order valence-corrected chi connectivity index (χ1v) is 6.98. The van der Waals surface area contributed by atoms with Gasteiger partial charge in [0.05, 0.1) is 0 Å². The lowest BCUT2D eigenvalue weighted by molar-refractivity contribution is 0.153. The maximum atomic E-state index is 3.58. The lowest BCUT2D eigenvalue weighted by atomic mass is 10.0. The number of hydrogen-bond donors (Lipinski definition) is 1. The summed E-state index contributed by atoms with van der Waals surface area (Å²) in [5.41, 5.74) is 0. The first-order valence-electron chi connectivity index (χ1n) is 6.98. The van der Waals surface area contributed by atoms with Crippen molar-refractivity contribution in [3.8, 4) is 0 Å². The first-order chi connectivity index (χ1) is 7.52. The van der Waals surface area contributed by atoms with Gasteiger partial charge in [-0.1, -0.05) is 20.8 Å². The third-order valence-corrected chi connectivity index (χ3v) is 3.97. The smallest absolute Gasteiger partial charge is 0.0107 e. The molecule has 3 atom stereocenters. The highest BCUT2D eigenvalue weighted by Gasteiger charge is 2.27. The molecule has 0 spiro atoms. The van der Waals surface area contributed by atoms with Crippen molar-refractivity contribution in [2.24, 2.45) is 11.8 Å². The fourth-order valence-electron chi connectivity index (χ4n) is 2.66. The molecule has 2 nitrogen and oxygen atoms in total. The van der Waals surface area contributed by atoms with Crippen LogP contribution in [0.25, 0.3) is 0 Å². The van der Waals surface area contributed by atoms with Gasteiger partial charge in [-0.3, -0.25) is 4.90 Å². The molecule has 0 saturated carbocycles. The predicted molar refractivity (Wildman–Crippen MR) is 71.7 cm³/mol. The van der Waals surface area contributed by atoms with Crippen molar-refractivity contribution in [3.05, 3.63) is 0 Å². The van der Waals surface area contributed by atoms with Gasteiger partial charge in [0.25, 0.3) is 0 Å². The molecule has 0 aromatic rings.